The fourth-order valence-corrected chi connectivity index (χ4v) is 7.01. The van der Waals surface area contributed by atoms with Crippen molar-refractivity contribution < 1.29 is 22.8 Å². The number of benzene rings is 5. The number of hydrogen-bond donors (Lipinski definition) is 2. The molecule has 0 aliphatic carbocycles. The Morgan fingerprint density at radius 3 is 1.67 bits per heavy atom. The first kappa shape index (κ1) is 32.0. The smallest absolute Gasteiger partial charge is 0.294 e. The lowest BCUT2D eigenvalue weighted by Gasteiger charge is -2.32. The second-order valence-electron chi connectivity index (χ2n) is 12.2. The van der Waals surface area contributed by atoms with Gasteiger partial charge in [0.05, 0.1) is 0 Å². The van der Waals surface area contributed by atoms with E-state index in [-0.39, 0.29) is 22.7 Å². The summed E-state index contributed by atoms with van der Waals surface area (Å²) in [5, 5.41) is 10.5. The largest absolute Gasteiger partial charge is 0.508 e. The molecule has 3 atom stereocenters. The third-order valence-electron chi connectivity index (χ3n) is 8.88. The van der Waals surface area contributed by atoms with Gasteiger partial charge in [-0.2, -0.15) is 8.42 Å². The van der Waals surface area contributed by atoms with Crippen LogP contribution in [0.5, 0.6) is 11.5 Å². The first-order valence-corrected chi connectivity index (χ1v) is 16.6. The van der Waals surface area contributed by atoms with E-state index < -0.39 is 15.5 Å². The molecule has 0 aliphatic rings. The van der Waals surface area contributed by atoms with Crippen molar-refractivity contribution in [3.05, 3.63) is 160 Å². The summed E-state index contributed by atoms with van der Waals surface area (Å²) in [5.41, 5.74) is 5.57. The Balaban J connectivity index is 1.41. The Bertz CT molecular complexity index is 1850. The molecular weight excluding hydrogens is 580 g/mol. The van der Waals surface area contributed by atoms with Crippen molar-refractivity contribution in [2.75, 3.05) is 0 Å². The summed E-state index contributed by atoms with van der Waals surface area (Å²) in [6.45, 7) is 10.0. The van der Waals surface area contributed by atoms with Crippen LogP contribution in [0, 0.1) is 0 Å². The maximum absolute atomic E-state index is 12.7. The van der Waals surface area contributed by atoms with Crippen LogP contribution >= 0.6 is 0 Å². The van der Waals surface area contributed by atoms with Crippen LogP contribution in [-0.2, 0) is 15.5 Å². The average Bonchev–Trinajstić information content (AvgIpc) is 3.04. The van der Waals surface area contributed by atoms with Gasteiger partial charge in [0.1, 0.15) is 22.5 Å². The maximum atomic E-state index is 12.7. The van der Waals surface area contributed by atoms with Gasteiger partial charge in [-0.3, -0.25) is 4.55 Å². The van der Waals surface area contributed by atoms with E-state index in [9.17, 15) is 18.1 Å². The van der Waals surface area contributed by atoms with Crippen LogP contribution in [-0.4, -0.2) is 18.1 Å². The lowest BCUT2D eigenvalue weighted by molar-refractivity contribution is 0.227. The van der Waals surface area contributed by atoms with Crippen LogP contribution in [0.3, 0.4) is 0 Å². The topological polar surface area (TPSA) is 83.8 Å². The second kappa shape index (κ2) is 12.9. The first-order valence-electron chi connectivity index (χ1n) is 15.2. The zero-order chi connectivity index (χ0) is 32.4. The molecule has 0 aliphatic heterocycles. The van der Waals surface area contributed by atoms with Crippen molar-refractivity contribution in [3.63, 3.8) is 0 Å². The van der Waals surface area contributed by atoms with Gasteiger partial charge in [-0.15, -0.1) is 0 Å². The second-order valence-corrected chi connectivity index (χ2v) is 13.6. The molecular formula is C39H40O5S. The Hall–Kier alpha value is -4.39. The van der Waals surface area contributed by atoms with Crippen molar-refractivity contribution in [2.24, 2.45) is 0 Å². The van der Waals surface area contributed by atoms with Crippen LogP contribution in [0.2, 0.25) is 0 Å². The Labute approximate surface area is 266 Å². The number of aromatic hydroxyl groups is 1. The Morgan fingerprint density at radius 1 is 0.644 bits per heavy atom. The Morgan fingerprint density at radius 2 is 1.13 bits per heavy atom. The standard InChI is InChI=1S/C39H40O5S/c1-26(29-12-8-6-9-13-29)31-16-18-32(19-17-31)28(3)44-35-22-20-33(21-23-35)39(4,5)38-36(27(2)30-14-10-7-11-15-30)24-34(40)25-37(38)45(41,42)43/h6-28,40H,1-5H3,(H,41,42,43). The Kier molecular flexibility index (Phi) is 9.19. The molecule has 3 unspecified atom stereocenters. The van der Waals surface area contributed by atoms with Gasteiger partial charge in [-0.25, -0.2) is 0 Å². The molecule has 45 heavy (non-hydrogen) atoms. The number of phenolic OH excluding ortho intramolecular Hbond substituents is 1. The molecule has 5 nitrogen and oxygen atoms in total. The lowest BCUT2D eigenvalue weighted by atomic mass is 9.73. The van der Waals surface area contributed by atoms with Gasteiger partial charge in [0.15, 0.2) is 0 Å². The number of hydrogen-bond acceptors (Lipinski definition) is 4. The van der Waals surface area contributed by atoms with Crippen molar-refractivity contribution in [1.29, 1.82) is 0 Å². The highest BCUT2D eigenvalue weighted by molar-refractivity contribution is 7.85. The highest BCUT2D eigenvalue weighted by Gasteiger charge is 2.35. The molecule has 0 aromatic heterocycles. The molecule has 0 spiro atoms. The summed E-state index contributed by atoms with van der Waals surface area (Å²) >= 11 is 0. The summed E-state index contributed by atoms with van der Waals surface area (Å²) < 4.78 is 41.9. The van der Waals surface area contributed by atoms with E-state index in [1.165, 1.54) is 11.1 Å². The van der Waals surface area contributed by atoms with Gasteiger partial charge in [0.2, 0.25) is 0 Å². The zero-order valence-corrected chi connectivity index (χ0v) is 27.1. The molecule has 0 saturated heterocycles. The molecule has 0 saturated carbocycles. The predicted molar refractivity (Wildman–Crippen MR) is 180 cm³/mol. The van der Waals surface area contributed by atoms with Crippen molar-refractivity contribution in [1.82, 2.24) is 0 Å². The fourth-order valence-electron chi connectivity index (χ4n) is 6.11. The predicted octanol–water partition coefficient (Wildman–Crippen LogP) is 9.41. The SMILES string of the molecule is CC(Oc1ccc(C(C)(C)c2c(C(C)c3ccccc3)cc(O)cc2S(=O)(=O)O)cc1)c1ccc(C(C)c2ccccc2)cc1. The molecule has 6 heteroatoms. The number of ether oxygens (including phenoxy) is 1. The van der Waals surface area contributed by atoms with Crippen LogP contribution < -0.4 is 4.74 Å². The highest BCUT2D eigenvalue weighted by atomic mass is 32.2. The monoisotopic (exact) mass is 620 g/mol. The minimum absolute atomic E-state index is 0.188. The van der Waals surface area contributed by atoms with Crippen molar-refractivity contribution >= 4 is 10.1 Å². The minimum atomic E-state index is -4.65. The van der Waals surface area contributed by atoms with E-state index in [1.807, 2.05) is 88.4 Å². The van der Waals surface area contributed by atoms with Crippen molar-refractivity contribution in [2.45, 2.75) is 62.9 Å². The molecule has 0 heterocycles. The number of phenols is 1. The summed E-state index contributed by atoms with van der Waals surface area (Å²) in [5.74, 6) is 0.500. The summed E-state index contributed by atoms with van der Waals surface area (Å²) in [7, 11) is -4.65. The quantitative estimate of drug-likeness (QED) is 0.152. The average molecular weight is 621 g/mol. The first-order chi connectivity index (χ1) is 21.4. The third kappa shape index (κ3) is 6.98. The van der Waals surface area contributed by atoms with E-state index in [2.05, 4.69) is 55.5 Å². The van der Waals surface area contributed by atoms with Crippen LogP contribution in [0.15, 0.2) is 126 Å². The van der Waals surface area contributed by atoms with E-state index in [0.29, 0.717) is 22.8 Å². The van der Waals surface area contributed by atoms with Crippen molar-refractivity contribution in [3.8, 4) is 11.5 Å². The van der Waals surface area contributed by atoms with Crippen LogP contribution in [0.25, 0.3) is 0 Å². The summed E-state index contributed by atoms with van der Waals surface area (Å²) in [6.07, 6.45) is -0.188. The van der Waals surface area contributed by atoms with Gasteiger partial charge < -0.3 is 9.84 Å². The van der Waals surface area contributed by atoms with Gasteiger partial charge in [0, 0.05) is 23.3 Å². The van der Waals surface area contributed by atoms with Crippen LogP contribution in [0.1, 0.15) is 91.5 Å². The molecule has 0 bridgehead atoms. The summed E-state index contributed by atoms with van der Waals surface area (Å²) in [4.78, 5) is -0.302. The number of rotatable bonds is 10. The van der Waals surface area contributed by atoms with Gasteiger partial charge in [0.25, 0.3) is 10.1 Å². The molecule has 0 radical (unpaired) electrons. The molecule has 0 fully saturated rings. The fraction of sp³-hybridized carbons (Fsp3) is 0.231. The molecule has 0 amide bonds. The lowest BCUT2D eigenvalue weighted by Crippen LogP contribution is -2.25. The van der Waals surface area contributed by atoms with E-state index >= 15 is 0 Å². The van der Waals surface area contributed by atoms with Crippen LogP contribution in [0.4, 0.5) is 0 Å². The molecule has 5 rings (SSSR count). The molecule has 5 aromatic rings. The zero-order valence-electron chi connectivity index (χ0n) is 26.3. The maximum Gasteiger partial charge on any atom is 0.294 e. The normalized spacial score (nSPS) is 14.0. The minimum Gasteiger partial charge on any atom is -0.508 e. The highest BCUT2D eigenvalue weighted by Crippen LogP contribution is 2.44. The van der Waals surface area contributed by atoms with E-state index in [4.69, 9.17) is 4.74 Å². The summed E-state index contributed by atoms with van der Waals surface area (Å²) in [6, 6.07) is 38.9. The van der Waals surface area contributed by atoms with E-state index in [1.54, 1.807) is 6.07 Å². The molecule has 2 N–H and O–H groups in total. The van der Waals surface area contributed by atoms with Gasteiger partial charge in [-0.1, -0.05) is 125 Å². The third-order valence-corrected chi connectivity index (χ3v) is 9.76. The van der Waals surface area contributed by atoms with Gasteiger partial charge in [-0.05, 0) is 64.1 Å². The molecule has 5 aromatic carbocycles. The molecule has 232 valence electrons. The van der Waals surface area contributed by atoms with E-state index in [0.717, 1.165) is 22.8 Å². The van der Waals surface area contributed by atoms with Gasteiger partial charge >= 0.3 is 0 Å².